The third kappa shape index (κ3) is 2.89. The van der Waals surface area contributed by atoms with E-state index in [-0.39, 0.29) is 11.7 Å². The number of Topliss-reactive ketones (excluding diaryl/α,β-unsaturated/α-hetero) is 1. The lowest BCUT2D eigenvalue weighted by Crippen LogP contribution is -2.35. The van der Waals surface area contributed by atoms with Crippen molar-refractivity contribution in [3.63, 3.8) is 0 Å². The Kier molecular flexibility index (Phi) is 3.67. The quantitative estimate of drug-likeness (QED) is 0.772. The lowest BCUT2D eigenvalue weighted by molar-refractivity contribution is -0.119. The van der Waals surface area contributed by atoms with Gasteiger partial charge in [0.2, 0.25) is 0 Å². The summed E-state index contributed by atoms with van der Waals surface area (Å²) in [6.45, 7) is 6.41. The predicted molar refractivity (Wildman–Crippen MR) is 62.6 cm³/mol. The minimum Gasteiger partial charge on any atom is -0.299 e. The molecule has 2 rings (SSSR count). The lowest BCUT2D eigenvalue weighted by Gasteiger charge is -2.30. The number of aromatic nitrogens is 1. The molecule has 1 saturated heterocycles. The first-order valence-electron chi connectivity index (χ1n) is 5.73. The van der Waals surface area contributed by atoms with Gasteiger partial charge in [-0.1, -0.05) is 6.07 Å². The van der Waals surface area contributed by atoms with E-state index in [1.807, 2.05) is 12.3 Å². The van der Waals surface area contributed by atoms with E-state index in [0.717, 1.165) is 32.5 Å². The van der Waals surface area contributed by atoms with Gasteiger partial charge >= 0.3 is 0 Å². The molecule has 0 N–H and O–H groups in total. The standard InChI is InChI=1S/C13H17N2O/c1-11(16)13-4-7-15(8-5-13)10-12-3-2-6-14-9-12/h2-3,6,9,13H,1,4-5,7-8,10H2. The number of pyridine rings is 1. The fourth-order valence-electron chi connectivity index (χ4n) is 2.16. The molecule has 3 nitrogen and oxygen atoms in total. The number of nitrogens with zero attached hydrogens (tertiary/aromatic N) is 2. The summed E-state index contributed by atoms with van der Waals surface area (Å²) < 4.78 is 0. The molecular weight excluding hydrogens is 200 g/mol. The molecule has 0 unspecified atom stereocenters. The summed E-state index contributed by atoms with van der Waals surface area (Å²) in [5.74, 6) is 0.283. The summed E-state index contributed by atoms with van der Waals surface area (Å²) in [6.07, 6.45) is 5.58. The van der Waals surface area contributed by atoms with Crippen LogP contribution in [0.1, 0.15) is 18.4 Å². The Labute approximate surface area is 96.5 Å². The Balaban J connectivity index is 1.84. The van der Waals surface area contributed by atoms with Crippen LogP contribution in [0.3, 0.4) is 0 Å². The van der Waals surface area contributed by atoms with E-state index in [9.17, 15) is 4.79 Å². The lowest BCUT2D eigenvalue weighted by atomic mass is 9.93. The molecule has 1 aliphatic heterocycles. The van der Waals surface area contributed by atoms with E-state index in [1.165, 1.54) is 5.56 Å². The number of piperidine rings is 1. The topological polar surface area (TPSA) is 33.2 Å². The van der Waals surface area contributed by atoms with Crippen LogP contribution in [0.4, 0.5) is 0 Å². The maximum Gasteiger partial charge on any atom is 0.136 e. The number of carbonyl (C=O) groups is 1. The smallest absolute Gasteiger partial charge is 0.136 e. The van der Waals surface area contributed by atoms with Gasteiger partial charge in [-0.3, -0.25) is 14.7 Å². The molecule has 0 saturated carbocycles. The first-order valence-corrected chi connectivity index (χ1v) is 5.73. The molecule has 0 aliphatic carbocycles. The Morgan fingerprint density at radius 1 is 1.50 bits per heavy atom. The van der Waals surface area contributed by atoms with Crippen LogP contribution in [0.2, 0.25) is 0 Å². The summed E-state index contributed by atoms with van der Waals surface area (Å²) in [5.41, 5.74) is 1.24. The van der Waals surface area contributed by atoms with E-state index in [0.29, 0.717) is 0 Å². The summed E-state index contributed by atoms with van der Waals surface area (Å²) in [4.78, 5) is 17.6. The highest BCUT2D eigenvalue weighted by Gasteiger charge is 2.22. The molecule has 0 atom stereocenters. The van der Waals surface area contributed by atoms with Crippen molar-refractivity contribution in [2.24, 2.45) is 5.92 Å². The van der Waals surface area contributed by atoms with Gasteiger partial charge in [-0.25, -0.2) is 0 Å². The van der Waals surface area contributed by atoms with Gasteiger partial charge in [-0.15, -0.1) is 0 Å². The minimum atomic E-state index is 0.0982. The third-order valence-corrected chi connectivity index (χ3v) is 3.17. The largest absolute Gasteiger partial charge is 0.299 e. The second-order valence-electron chi connectivity index (χ2n) is 4.38. The Hall–Kier alpha value is -1.22. The number of hydrogen-bond acceptors (Lipinski definition) is 3. The Morgan fingerprint density at radius 3 is 2.81 bits per heavy atom. The molecule has 1 fully saturated rings. The fraction of sp³-hybridized carbons (Fsp3) is 0.462. The van der Waals surface area contributed by atoms with Gasteiger partial charge in [0.15, 0.2) is 0 Å². The summed E-state index contributed by atoms with van der Waals surface area (Å²) in [7, 11) is 0. The Bertz CT molecular complexity index is 342. The minimum absolute atomic E-state index is 0.0982. The van der Waals surface area contributed by atoms with Gasteiger partial charge < -0.3 is 0 Å². The summed E-state index contributed by atoms with van der Waals surface area (Å²) in [5, 5.41) is 0. The fourth-order valence-corrected chi connectivity index (χ4v) is 2.16. The van der Waals surface area contributed by atoms with Crippen molar-refractivity contribution >= 4 is 5.78 Å². The van der Waals surface area contributed by atoms with Gasteiger partial charge in [0.25, 0.3) is 0 Å². The molecule has 0 aromatic carbocycles. The van der Waals surface area contributed by atoms with Crippen molar-refractivity contribution in [2.75, 3.05) is 13.1 Å². The van der Waals surface area contributed by atoms with Crippen LogP contribution >= 0.6 is 0 Å². The van der Waals surface area contributed by atoms with Crippen molar-refractivity contribution in [3.8, 4) is 0 Å². The van der Waals surface area contributed by atoms with Crippen molar-refractivity contribution in [2.45, 2.75) is 19.4 Å². The van der Waals surface area contributed by atoms with Gasteiger partial charge in [-0.05, 0) is 37.6 Å². The van der Waals surface area contributed by atoms with E-state index >= 15 is 0 Å². The predicted octanol–water partition coefficient (Wildman–Crippen LogP) is 1.70. The van der Waals surface area contributed by atoms with Crippen LogP contribution in [0.25, 0.3) is 0 Å². The van der Waals surface area contributed by atoms with Crippen LogP contribution < -0.4 is 0 Å². The second-order valence-corrected chi connectivity index (χ2v) is 4.38. The Morgan fingerprint density at radius 2 is 2.25 bits per heavy atom. The molecule has 16 heavy (non-hydrogen) atoms. The highest BCUT2D eigenvalue weighted by molar-refractivity contribution is 5.84. The highest BCUT2D eigenvalue weighted by atomic mass is 16.1. The van der Waals surface area contributed by atoms with Gasteiger partial charge in [0.05, 0.1) is 0 Å². The first-order chi connectivity index (χ1) is 7.75. The van der Waals surface area contributed by atoms with Crippen LogP contribution in [-0.4, -0.2) is 28.8 Å². The maximum absolute atomic E-state index is 11.1. The zero-order valence-electron chi connectivity index (χ0n) is 9.43. The zero-order valence-corrected chi connectivity index (χ0v) is 9.43. The normalized spacial score (nSPS) is 18.6. The molecule has 1 radical (unpaired) electrons. The van der Waals surface area contributed by atoms with E-state index in [4.69, 9.17) is 0 Å². The van der Waals surface area contributed by atoms with Crippen molar-refractivity contribution in [3.05, 3.63) is 37.0 Å². The second kappa shape index (κ2) is 5.21. The number of hydrogen-bond donors (Lipinski definition) is 0. The monoisotopic (exact) mass is 217 g/mol. The third-order valence-electron chi connectivity index (χ3n) is 3.17. The summed E-state index contributed by atoms with van der Waals surface area (Å²) >= 11 is 0. The highest BCUT2D eigenvalue weighted by Crippen LogP contribution is 2.19. The molecule has 2 heterocycles. The molecule has 0 spiro atoms. The van der Waals surface area contributed by atoms with Gasteiger partial charge in [-0.2, -0.15) is 0 Å². The molecule has 1 aromatic heterocycles. The first kappa shape index (κ1) is 11.3. The van der Waals surface area contributed by atoms with Crippen molar-refractivity contribution < 1.29 is 4.79 Å². The average Bonchev–Trinajstić information content (AvgIpc) is 2.31. The van der Waals surface area contributed by atoms with E-state index in [2.05, 4.69) is 22.9 Å². The van der Waals surface area contributed by atoms with Crippen LogP contribution in [0.15, 0.2) is 24.5 Å². The SMILES string of the molecule is [CH2]C(=O)C1CCN(Cc2cccnc2)CC1. The number of ketones is 1. The molecule has 85 valence electrons. The number of rotatable bonds is 3. The molecular formula is C13H17N2O. The van der Waals surface area contributed by atoms with E-state index in [1.54, 1.807) is 6.20 Å². The van der Waals surface area contributed by atoms with Gasteiger partial charge in [0.1, 0.15) is 5.78 Å². The summed E-state index contributed by atoms with van der Waals surface area (Å²) in [6, 6.07) is 4.05. The van der Waals surface area contributed by atoms with Gasteiger partial charge in [0, 0.05) is 31.8 Å². The molecule has 1 aliphatic rings. The molecule has 3 heteroatoms. The van der Waals surface area contributed by atoms with Crippen LogP contribution in [-0.2, 0) is 11.3 Å². The van der Waals surface area contributed by atoms with Crippen LogP contribution in [0, 0.1) is 12.8 Å². The number of carbonyl (C=O) groups excluding carboxylic acids is 1. The number of likely N-dealkylation sites (tertiary alicyclic amines) is 1. The molecule has 0 amide bonds. The molecule has 0 bridgehead atoms. The van der Waals surface area contributed by atoms with Crippen molar-refractivity contribution in [1.29, 1.82) is 0 Å². The van der Waals surface area contributed by atoms with E-state index < -0.39 is 0 Å². The average molecular weight is 217 g/mol. The maximum atomic E-state index is 11.1. The molecule has 1 aromatic rings. The van der Waals surface area contributed by atoms with Crippen molar-refractivity contribution in [1.82, 2.24) is 9.88 Å². The zero-order chi connectivity index (χ0) is 11.4. The van der Waals surface area contributed by atoms with Crippen LogP contribution in [0.5, 0.6) is 0 Å².